The van der Waals surface area contributed by atoms with Crippen molar-refractivity contribution >= 4 is 16.5 Å². The summed E-state index contributed by atoms with van der Waals surface area (Å²) < 4.78 is 0. The Balaban J connectivity index is 1.50. The third-order valence-electron chi connectivity index (χ3n) is 3.42. The standard InChI is InChI=1S/C11H18N4S/c12-11-13-7-10(16-11)8-14-3-5-15(6-4-14)9-1-2-9/h7,9H,1-6,8H2,(H2,12,13). The Morgan fingerprint density at radius 2 is 2.06 bits per heavy atom. The van der Waals surface area contributed by atoms with Crippen LogP contribution in [0.3, 0.4) is 0 Å². The molecule has 2 N–H and O–H groups in total. The number of nitrogen functional groups attached to an aromatic ring is 1. The fraction of sp³-hybridized carbons (Fsp3) is 0.727. The molecule has 2 aliphatic rings. The maximum atomic E-state index is 5.63. The first kappa shape index (κ1) is 10.5. The lowest BCUT2D eigenvalue weighted by Crippen LogP contribution is -2.46. The van der Waals surface area contributed by atoms with E-state index in [2.05, 4.69) is 14.8 Å². The zero-order chi connectivity index (χ0) is 11.0. The van der Waals surface area contributed by atoms with Gasteiger partial charge in [0.05, 0.1) is 0 Å². The fourth-order valence-electron chi connectivity index (χ4n) is 2.34. The average Bonchev–Trinajstić information content (AvgIpc) is 3.05. The topological polar surface area (TPSA) is 45.4 Å². The van der Waals surface area contributed by atoms with Crippen molar-refractivity contribution in [1.82, 2.24) is 14.8 Å². The molecule has 1 aromatic heterocycles. The van der Waals surface area contributed by atoms with Gasteiger partial charge in [-0.3, -0.25) is 9.80 Å². The SMILES string of the molecule is Nc1ncc(CN2CCN(C3CC3)CC2)s1. The lowest BCUT2D eigenvalue weighted by Gasteiger charge is -2.34. The highest BCUT2D eigenvalue weighted by atomic mass is 32.1. The molecule has 1 aromatic rings. The number of rotatable bonds is 3. The van der Waals surface area contributed by atoms with Crippen LogP contribution in [0.25, 0.3) is 0 Å². The molecule has 0 bridgehead atoms. The van der Waals surface area contributed by atoms with E-state index in [0.29, 0.717) is 5.13 Å². The maximum Gasteiger partial charge on any atom is 0.180 e. The third-order valence-corrected chi connectivity index (χ3v) is 4.23. The van der Waals surface area contributed by atoms with Crippen LogP contribution >= 0.6 is 11.3 Å². The summed E-state index contributed by atoms with van der Waals surface area (Å²) in [4.78, 5) is 10.5. The molecule has 2 fully saturated rings. The van der Waals surface area contributed by atoms with Gasteiger partial charge in [-0.15, -0.1) is 11.3 Å². The van der Waals surface area contributed by atoms with Crippen LogP contribution in [0.1, 0.15) is 17.7 Å². The second-order valence-electron chi connectivity index (χ2n) is 4.71. The molecular weight excluding hydrogens is 220 g/mol. The van der Waals surface area contributed by atoms with Crippen LogP contribution in [0.5, 0.6) is 0 Å². The summed E-state index contributed by atoms with van der Waals surface area (Å²) in [6.45, 7) is 5.87. The number of nitrogens with two attached hydrogens (primary N) is 1. The summed E-state index contributed by atoms with van der Waals surface area (Å²) in [6.07, 6.45) is 4.75. The highest BCUT2D eigenvalue weighted by Crippen LogP contribution is 2.27. The van der Waals surface area contributed by atoms with E-state index >= 15 is 0 Å². The number of hydrogen-bond donors (Lipinski definition) is 1. The van der Waals surface area contributed by atoms with Gasteiger partial charge in [0.2, 0.25) is 0 Å². The fourth-order valence-corrected chi connectivity index (χ4v) is 3.07. The molecule has 3 rings (SSSR count). The van der Waals surface area contributed by atoms with E-state index < -0.39 is 0 Å². The molecule has 0 amide bonds. The summed E-state index contributed by atoms with van der Waals surface area (Å²) in [7, 11) is 0. The van der Waals surface area contributed by atoms with Crippen LogP contribution in [0.15, 0.2) is 6.20 Å². The van der Waals surface area contributed by atoms with E-state index in [1.165, 1.54) is 43.9 Å². The van der Waals surface area contributed by atoms with Crippen LogP contribution in [-0.4, -0.2) is 47.0 Å². The molecule has 88 valence electrons. The molecule has 0 spiro atoms. The van der Waals surface area contributed by atoms with Gasteiger partial charge in [-0.2, -0.15) is 0 Å². The minimum Gasteiger partial charge on any atom is -0.375 e. The van der Waals surface area contributed by atoms with Gasteiger partial charge in [0.1, 0.15) is 0 Å². The molecule has 0 aromatic carbocycles. The van der Waals surface area contributed by atoms with Crippen molar-refractivity contribution in [3.05, 3.63) is 11.1 Å². The summed E-state index contributed by atoms with van der Waals surface area (Å²) >= 11 is 1.61. The molecule has 1 saturated carbocycles. The van der Waals surface area contributed by atoms with Gasteiger partial charge in [0, 0.05) is 49.8 Å². The second-order valence-corrected chi connectivity index (χ2v) is 5.85. The Hall–Kier alpha value is -0.650. The summed E-state index contributed by atoms with van der Waals surface area (Å²) in [5, 5.41) is 0.687. The zero-order valence-electron chi connectivity index (χ0n) is 9.43. The first-order chi connectivity index (χ1) is 7.81. The van der Waals surface area contributed by atoms with Crippen molar-refractivity contribution < 1.29 is 0 Å². The van der Waals surface area contributed by atoms with E-state index in [1.807, 2.05) is 6.20 Å². The summed E-state index contributed by atoms with van der Waals surface area (Å²) in [5.74, 6) is 0. The maximum absolute atomic E-state index is 5.63. The quantitative estimate of drug-likeness (QED) is 0.853. The molecule has 4 nitrogen and oxygen atoms in total. The number of thiazole rings is 1. The molecule has 1 aliphatic carbocycles. The summed E-state index contributed by atoms with van der Waals surface area (Å²) in [6, 6.07) is 0.918. The average molecular weight is 238 g/mol. The molecule has 16 heavy (non-hydrogen) atoms. The smallest absolute Gasteiger partial charge is 0.180 e. The number of nitrogens with zero attached hydrogens (tertiary/aromatic N) is 3. The zero-order valence-corrected chi connectivity index (χ0v) is 10.2. The third kappa shape index (κ3) is 2.36. The van der Waals surface area contributed by atoms with Gasteiger partial charge in [-0.25, -0.2) is 4.98 Å². The van der Waals surface area contributed by atoms with Gasteiger partial charge in [0.25, 0.3) is 0 Å². The normalized spacial score (nSPS) is 23.8. The lowest BCUT2D eigenvalue weighted by molar-refractivity contribution is 0.122. The van der Waals surface area contributed by atoms with Crippen LogP contribution in [0.2, 0.25) is 0 Å². The van der Waals surface area contributed by atoms with Crippen molar-refractivity contribution in [2.24, 2.45) is 0 Å². The van der Waals surface area contributed by atoms with Crippen LogP contribution in [0, 0.1) is 0 Å². The van der Waals surface area contributed by atoms with Crippen molar-refractivity contribution in [3.8, 4) is 0 Å². The van der Waals surface area contributed by atoms with Gasteiger partial charge in [-0.1, -0.05) is 0 Å². The predicted octanol–water partition coefficient (Wildman–Crippen LogP) is 1.01. The Morgan fingerprint density at radius 1 is 1.31 bits per heavy atom. The Bertz CT molecular complexity index is 353. The van der Waals surface area contributed by atoms with Gasteiger partial charge >= 0.3 is 0 Å². The molecule has 1 aliphatic heterocycles. The Kier molecular flexibility index (Phi) is 2.83. The summed E-state index contributed by atoms with van der Waals surface area (Å²) in [5.41, 5.74) is 5.63. The molecule has 0 atom stereocenters. The lowest BCUT2D eigenvalue weighted by atomic mass is 10.3. The van der Waals surface area contributed by atoms with Crippen LogP contribution < -0.4 is 5.73 Å². The minimum atomic E-state index is 0.687. The van der Waals surface area contributed by atoms with Crippen molar-refractivity contribution in [3.63, 3.8) is 0 Å². The number of anilines is 1. The van der Waals surface area contributed by atoms with E-state index in [9.17, 15) is 0 Å². The van der Waals surface area contributed by atoms with Crippen molar-refractivity contribution in [1.29, 1.82) is 0 Å². The molecule has 0 radical (unpaired) electrons. The van der Waals surface area contributed by atoms with Crippen LogP contribution in [-0.2, 0) is 6.54 Å². The predicted molar refractivity (Wildman–Crippen MR) is 66.4 cm³/mol. The van der Waals surface area contributed by atoms with E-state index in [4.69, 9.17) is 5.73 Å². The Labute approximate surface area is 100 Å². The highest BCUT2D eigenvalue weighted by Gasteiger charge is 2.31. The largest absolute Gasteiger partial charge is 0.375 e. The van der Waals surface area contributed by atoms with E-state index in [1.54, 1.807) is 11.3 Å². The van der Waals surface area contributed by atoms with Gasteiger partial charge in [0.15, 0.2) is 5.13 Å². The number of aromatic nitrogens is 1. The van der Waals surface area contributed by atoms with E-state index in [-0.39, 0.29) is 0 Å². The first-order valence-corrected chi connectivity index (χ1v) is 6.79. The number of hydrogen-bond acceptors (Lipinski definition) is 5. The molecule has 5 heteroatoms. The number of piperazine rings is 1. The first-order valence-electron chi connectivity index (χ1n) is 5.98. The highest BCUT2D eigenvalue weighted by molar-refractivity contribution is 7.15. The van der Waals surface area contributed by atoms with Gasteiger partial charge in [-0.05, 0) is 12.8 Å². The Morgan fingerprint density at radius 3 is 2.62 bits per heavy atom. The molecule has 2 heterocycles. The minimum absolute atomic E-state index is 0.687. The molecule has 1 saturated heterocycles. The molecular formula is C11H18N4S. The van der Waals surface area contributed by atoms with Crippen molar-refractivity contribution in [2.75, 3.05) is 31.9 Å². The van der Waals surface area contributed by atoms with Crippen LogP contribution in [0.4, 0.5) is 5.13 Å². The van der Waals surface area contributed by atoms with Crippen molar-refractivity contribution in [2.45, 2.75) is 25.4 Å². The molecule has 0 unspecified atom stereocenters. The van der Waals surface area contributed by atoms with E-state index in [0.717, 1.165) is 12.6 Å². The van der Waals surface area contributed by atoms with Gasteiger partial charge < -0.3 is 5.73 Å². The second kappa shape index (κ2) is 4.31. The monoisotopic (exact) mass is 238 g/mol.